The molecule has 0 amide bonds. The Morgan fingerprint density at radius 1 is 0.962 bits per heavy atom. The third kappa shape index (κ3) is 6.93. The van der Waals surface area contributed by atoms with Gasteiger partial charge in [-0.05, 0) is 24.0 Å². The summed E-state index contributed by atoms with van der Waals surface area (Å²) in [5.41, 5.74) is 0.142. The smallest absolute Gasteiger partial charge is 0.407 e. The summed E-state index contributed by atoms with van der Waals surface area (Å²) in [5.74, 6) is -3.88. The van der Waals surface area contributed by atoms with E-state index in [2.05, 4.69) is 6.92 Å². The van der Waals surface area contributed by atoms with Gasteiger partial charge in [0.25, 0.3) is 0 Å². The number of hydrogen-bond donors (Lipinski definition) is 0. The first kappa shape index (κ1) is 21.3. The lowest BCUT2D eigenvalue weighted by atomic mass is 9.77. The van der Waals surface area contributed by atoms with Crippen LogP contribution >= 0.6 is 0 Å². The van der Waals surface area contributed by atoms with E-state index in [1.54, 1.807) is 0 Å². The molecule has 0 bridgehead atoms. The van der Waals surface area contributed by atoms with Crippen molar-refractivity contribution in [1.82, 2.24) is 0 Å². The number of hydrogen-bond acceptors (Lipinski definition) is 3. The minimum atomic E-state index is -1.49. The lowest BCUT2D eigenvalue weighted by Crippen LogP contribution is -2.45. The van der Waals surface area contributed by atoms with Gasteiger partial charge in [-0.25, -0.2) is 13.2 Å². The second-order valence-electron chi connectivity index (χ2n) is 6.86. The first-order valence-corrected chi connectivity index (χ1v) is 9.57. The van der Waals surface area contributed by atoms with E-state index in [4.69, 9.17) is 14.0 Å². The fourth-order valence-electron chi connectivity index (χ4n) is 2.95. The second-order valence-corrected chi connectivity index (χ2v) is 6.86. The van der Waals surface area contributed by atoms with Gasteiger partial charge in [-0.1, -0.05) is 45.4 Å². The third-order valence-corrected chi connectivity index (χ3v) is 4.49. The molecule has 0 atom stereocenters. The van der Waals surface area contributed by atoms with E-state index >= 15 is 0 Å². The summed E-state index contributed by atoms with van der Waals surface area (Å²) in [6.45, 7) is 4.23. The van der Waals surface area contributed by atoms with E-state index < -0.39 is 24.6 Å². The van der Waals surface area contributed by atoms with Crippen LogP contribution in [0.1, 0.15) is 51.9 Å². The molecule has 1 aliphatic rings. The first-order chi connectivity index (χ1) is 12.6. The lowest BCUT2D eigenvalue weighted by molar-refractivity contribution is 0.0180. The summed E-state index contributed by atoms with van der Waals surface area (Å²) < 4.78 is 56.2. The van der Waals surface area contributed by atoms with Crippen LogP contribution in [0, 0.1) is 23.4 Å². The van der Waals surface area contributed by atoms with Crippen molar-refractivity contribution in [1.29, 1.82) is 0 Å². The molecule has 1 aromatic carbocycles. The lowest BCUT2D eigenvalue weighted by Gasteiger charge is -2.27. The Hall–Kier alpha value is -1.05. The largest absolute Gasteiger partial charge is 0.494 e. The molecule has 146 valence electrons. The third-order valence-electron chi connectivity index (χ3n) is 4.49. The van der Waals surface area contributed by atoms with E-state index in [0.717, 1.165) is 25.2 Å². The quantitative estimate of drug-likeness (QED) is 0.331. The van der Waals surface area contributed by atoms with Crippen LogP contribution in [0.5, 0.6) is 0 Å². The molecule has 0 radical (unpaired) electrons. The first-order valence-electron chi connectivity index (χ1n) is 9.57. The standard InChI is InChI=1S/C19H28BF3O3/c1-2-3-4-5-6-7-8-9-24-12-15-13-25-20(26-14-15)16-10-17(21)19(23)18(22)11-16/h10-11,15H,2-9,12-14H2,1H3. The van der Waals surface area contributed by atoms with Gasteiger partial charge < -0.3 is 14.0 Å². The van der Waals surface area contributed by atoms with Crippen LogP contribution in [0.2, 0.25) is 0 Å². The van der Waals surface area contributed by atoms with Crippen molar-refractivity contribution < 1.29 is 27.2 Å². The summed E-state index contributed by atoms with van der Waals surface area (Å²) in [5, 5.41) is 0. The normalized spacial score (nSPS) is 15.6. The van der Waals surface area contributed by atoms with Crippen molar-refractivity contribution in [2.24, 2.45) is 5.92 Å². The van der Waals surface area contributed by atoms with Crippen molar-refractivity contribution in [2.75, 3.05) is 26.4 Å². The van der Waals surface area contributed by atoms with Crippen molar-refractivity contribution in [3.63, 3.8) is 0 Å². The van der Waals surface area contributed by atoms with Crippen LogP contribution < -0.4 is 5.46 Å². The molecule has 0 unspecified atom stereocenters. The molecule has 0 N–H and O–H groups in total. The molecule has 0 spiro atoms. The summed E-state index contributed by atoms with van der Waals surface area (Å²) in [6.07, 6.45) is 8.69. The highest BCUT2D eigenvalue weighted by atomic mass is 19.2. The van der Waals surface area contributed by atoms with Gasteiger partial charge >= 0.3 is 7.12 Å². The van der Waals surface area contributed by atoms with Crippen LogP contribution in [-0.4, -0.2) is 33.5 Å². The highest BCUT2D eigenvalue weighted by Crippen LogP contribution is 2.14. The molecule has 1 aromatic rings. The average molecular weight is 372 g/mol. The van der Waals surface area contributed by atoms with Crippen LogP contribution in [0.4, 0.5) is 13.2 Å². The molecule has 7 heteroatoms. The van der Waals surface area contributed by atoms with Gasteiger partial charge in [-0.15, -0.1) is 0 Å². The van der Waals surface area contributed by atoms with Crippen LogP contribution in [0.3, 0.4) is 0 Å². The van der Waals surface area contributed by atoms with Gasteiger partial charge in [0.2, 0.25) is 0 Å². The summed E-state index contributed by atoms with van der Waals surface area (Å²) in [6, 6.07) is 1.81. The Labute approximate surface area is 154 Å². The monoisotopic (exact) mass is 372 g/mol. The predicted octanol–water partition coefficient (Wildman–Crippen LogP) is 4.23. The molecule has 1 saturated heterocycles. The second kappa shape index (κ2) is 11.6. The molecule has 3 nitrogen and oxygen atoms in total. The number of unbranched alkanes of at least 4 members (excludes halogenated alkanes) is 6. The van der Waals surface area contributed by atoms with Crippen LogP contribution in [0.25, 0.3) is 0 Å². The molecular weight excluding hydrogens is 344 g/mol. The topological polar surface area (TPSA) is 27.7 Å². The molecule has 2 rings (SSSR count). The molecule has 1 heterocycles. The zero-order valence-electron chi connectivity index (χ0n) is 15.4. The fraction of sp³-hybridized carbons (Fsp3) is 0.684. The molecule has 1 fully saturated rings. The Kier molecular flexibility index (Phi) is 9.50. The number of benzene rings is 1. The predicted molar refractivity (Wildman–Crippen MR) is 95.9 cm³/mol. The maximum Gasteiger partial charge on any atom is 0.494 e. The minimum absolute atomic E-state index is 0.0888. The summed E-state index contributed by atoms with van der Waals surface area (Å²) >= 11 is 0. The maximum absolute atomic E-state index is 13.3. The molecule has 0 saturated carbocycles. The van der Waals surface area contributed by atoms with E-state index in [1.807, 2.05) is 0 Å². The highest BCUT2D eigenvalue weighted by Gasteiger charge is 2.31. The molecule has 0 aliphatic carbocycles. The van der Waals surface area contributed by atoms with Crippen LogP contribution in [0.15, 0.2) is 12.1 Å². The number of rotatable bonds is 11. The fourth-order valence-corrected chi connectivity index (χ4v) is 2.95. The molecule has 1 aliphatic heterocycles. The van der Waals surface area contributed by atoms with Gasteiger partial charge in [0.15, 0.2) is 17.5 Å². The maximum atomic E-state index is 13.3. The van der Waals surface area contributed by atoms with E-state index in [1.165, 1.54) is 38.5 Å². The number of ether oxygens (including phenoxy) is 1. The van der Waals surface area contributed by atoms with E-state index in [0.29, 0.717) is 19.8 Å². The summed E-state index contributed by atoms with van der Waals surface area (Å²) in [7, 11) is -0.876. The van der Waals surface area contributed by atoms with Gasteiger partial charge in [-0.2, -0.15) is 0 Å². The van der Waals surface area contributed by atoms with Crippen molar-refractivity contribution >= 4 is 12.6 Å². The molecule has 0 aromatic heterocycles. The SMILES string of the molecule is CCCCCCCCCOCC1COB(c2cc(F)c(F)c(F)c2)OC1. The Morgan fingerprint density at radius 2 is 1.54 bits per heavy atom. The van der Waals surface area contributed by atoms with Gasteiger partial charge in [0.1, 0.15) is 0 Å². The van der Waals surface area contributed by atoms with Gasteiger partial charge in [0.05, 0.1) is 6.61 Å². The van der Waals surface area contributed by atoms with Gasteiger partial charge in [-0.3, -0.25) is 0 Å². The zero-order chi connectivity index (χ0) is 18.8. The summed E-state index contributed by atoms with van der Waals surface area (Å²) in [4.78, 5) is 0. The number of halogens is 3. The van der Waals surface area contributed by atoms with Gasteiger partial charge in [0, 0.05) is 25.7 Å². The van der Waals surface area contributed by atoms with Crippen LogP contribution in [-0.2, 0) is 14.0 Å². The van der Waals surface area contributed by atoms with Crippen molar-refractivity contribution in [3.05, 3.63) is 29.6 Å². The van der Waals surface area contributed by atoms with Crippen molar-refractivity contribution in [3.8, 4) is 0 Å². The van der Waals surface area contributed by atoms with Crippen molar-refractivity contribution in [2.45, 2.75) is 51.9 Å². The Bertz CT molecular complexity index is 514. The molecule has 26 heavy (non-hydrogen) atoms. The Morgan fingerprint density at radius 3 is 2.15 bits per heavy atom. The highest BCUT2D eigenvalue weighted by molar-refractivity contribution is 6.61. The average Bonchev–Trinajstić information content (AvgIpc) is 2.65. The minimum Gasteiger partial charge on any atom is -0.407 e. The molecular formula is C19H28BF3O3. The van der Waals surface area contributed by atoms with E-state index in [9.17, 15) is 13.2 Å². The Balaban J connectivity index is 1.58. The van der Waals surface area contributed by atoms with E-state index in [-0.39, 0.29) is 11.4 Å². The zero-order valence-corrected chi connectivity index (χ0v) is 15.4.